The zero-order valence-electron chi connectivity index (χ0n) is 72.6. The number of amides is 10. The number of esters is 1. The molecule has 638 valence electrons. The van der Waals surface area contributed by atoms with Crippen molar-refractivity contribution < 1.29 is 58.9 Å². The summed E-state index contributed by atoms with van der Waals surface area (Å²) in [5.41, 5.74) is 9.54. The number of benzene rings is 2. The molecule has 2 aromatic carbocycles. The van der Waals surface area contributed by atoms with Crippen molar-refractivity contribution in [1.82, 2.24) is 29.7 Å². The van der Waals surface area contributed by atoms with E-state index < -0.39 is 0 Å². The van der Waals surface area contributed by atoms with Gasteiger partial charge in [-0.15, -0.1) is 0 Å². The number of rotatable bonds is 23. The molecular formula is C100H121BIN7O12. The third-order valence-electron chi connectivity index (χ3n) is 29.8. The maximum absolute atomic E-state index is 12.9. The quantitative estimate of drug-likeness (QED) is 0.0121. The van der Waals surface area contributed by atoms with Crippen LogP contribution in [0, 0.1) is 119 Å². The van der Waals surface area contributed by atoms with Gasteiger partial charge in [0.15, 0.2) is 0 Å². The maximum atomic E-state index is 12.9. The monoisotopic (exact) mass is 1750 g/mol. The van der Waals surface area contributed by atoms with E-state index in [0.717, 1.165) is 126 Å². The Hall–Kier alpha value is -9.12. The van der Waals surface area contributed by atoms with Gasteiger partial charge < -0.3 is 4.74 Å². The number of nitrogens with one attached hydrogen (secondary N) is 2. The predicted molar refractivity (Wildman–Crippen MR) is 477 cm³/mol. The first-order valence-corrected chi connectivity index (χ1v) is 46.4. The topological polar surface area (TPSA) is 249 Å². The Morgan fingerprint density at radius 3 is 1.25 bits per heavy atom. The van der Waals surface area contributed by atoms with Crippen molar-refractivity contribution in [3.05, 3.63) is 201 Å². The van der Waals surface area contributed by atoms with Crippen LogP contribution < -0.4 is 5.23 Å². The van der Waals surface area contributed by atoms with Crippen molar-refractivity contribution in [3.8, 4) is 0 Å². The molecule has 6 saturated carbocycles. The molecule has 19 nitrogen and oxygen atoms in total. The van der Waals surface area contributed by atoms with Crippen molar-refractivity contribution >= 4 is 106 Å². The normalized spacial score (nSPS) is 31.2. The standard InChI is InChI=1S/C20H19NO2.C18H20O2.C17H23NO2.C16H21NO2.C15H19NO2.C13H15NO2.CH4BIN2/c22-19-17-8-7-13-3-1-2-4-16(13)18(17)20(23)21(19)11-15-10-12-5-6-14(15)9-12;1-13-2-4-14(5-3-13)7-9-18(19)20-12-17-11-15-6-8-16(17)10-15;1-11-12(2)17(20)18(16(11)19)8-4-3-5-14-9-13-6-7-15(14)10-13;1-10-11(2)16(19)17(15(10)18)7-3-4-13-8-12-5-6-14(13)9-12;1-9-10(2)15(18)16(14(9)17)6-5-13-8-11-3-4-12(13)7-11;15-12-3-4-13(16)14(12)6-5-11-8-9-1-2-10(11)7-9;3-1-5-2-4/h1-6,12,14-15H,7-11H2;2-9,15-17H,10-12H2,1H3;6-7,13-15H,3-5,8-10H2,1-2H3;5-6,12-14H,3-4,7-9H2,1-2H3;3-4,11-13H,5-8H2,1-2H3;1-4,9-11H,5-8H2;4-5H,1H2/b;9-7+;;;;;/i;;;;;;4D. The summed E-state index contributed by atoms with van der Waals surface area (Å²) in [6, 6.07) is 16.1. The fourth-order valence-electron chi connectivity index (χ4n) is 22.5. The molecule has 0 radical (unpaired) electrons. The summed E-state index contributed by atoms with van der Waals surface area (Å²) in [6.07, 6.45) is 58.0. The average molecular weight is 1750 g/mol. The van der Waals surface area contributed by atoms with Gasteiger partial charge in [0.05, 0.1) is 12.2 Å². The molecule has 0 aromatic heterocycles. The van der Waals surface area contributed by atoms with Gasteiger partial charge >= 0.3 is 52.3 Å². The summed E-state index contributed by atoms with van der Waals surface area (Å²) in [5, 5.41) is 5.64. The Morgan fingerprint density at radius 2 is 0.835 bits per heavy atom. The third-order valence-corrected chi connectivity index (χ3v) is 30.2. The molecule has 20 rings (SSSR count). The molecule has 13 aliphatic carbocycles. The van der Waals surface area contributed by atoms with E-state index in [1.807, 2.05) is 55.5 Å². The predicted octanol–water partition coefficient (Wildman–Crippen LogP) is 16.6. The molecule has 12 bridgehead atoms. The molecule has 5 aliphatic heterocycles. The molecule has 18 unspecified atom stereocenters. The zero-order chi connectivity index (χ0) is 86.2. The summed E-state index contributed by atoms with van der Waals surface area (Å²) in [5.74, 6) is 11.5. The fraction of sp³-hybridized carbons (Fsp3) is 0.530. The molecule has 10 amide bonds. The summed E-state index contributed by atoms with van der Waals surface area (Å²) >= 11 is 2.13. The molecule has 18 atom stereocenters. The first-order valence-electron chi connectivity index (χ1n) is 45.3. The van der Waals surface area contributed by atoms with Crippen LogP contribution in [-0.2, 0) is 63.9 Å². The summed E-state index contributed by atoms with van der Waals surface area (Å²) in [7, 11) is 1.34. The first-order chi connectivity index (χ1) is 58.8. The molecule has 6 fully saturated rings. The van der Waals surface area contributed by atoms with Crippen LogP contribution in [0.3, 0.4) is 0 Å². The number of carbonyl (C=O) groups excluding carboxylic acids is 11. The number of fused-ring (bicyclic) bond motifs is 14. The van der Waals surface area contributed by atoms with E-state index >= 15 is 0 Å². The van der Waals surface area contributed by atoms with E-state index in [1.54, 1.807) is 41.5 Å². The number of hydrogen-bond donors (Lipinski definition) is 2. The van der Waals surface area contributed by atoms with E-state index in [9.17, 15) is 52.7 Å². The molecule has 21 heteroatoms. The van der Waals surface area contributed by atoms with Crippen molar-refractivity contribution in [2.24, 2.45) is 107 Å². The number of unbranched alkanes of at least 4 members (excludes halogenated alkanes) is 1. The van der Waals surface area contributed by atoms with Crippen LogP contribution in [0.2, 0.25) is 1.41 Å². The second-order valence-electron chi connectivity index (χ2n) is 37.2. The van der Waals surface area contributed by atoms with Crippen LogP contribution in [-0.4, -0.2) is 141 Å². The second kappa shape index (κ2) is 39.6. The van der Waals surface area contributed by atoms with Gasteiger partial charge in [0, 0.05) is 90.0 Å². The number of carbonyl (C=O) groups is 11. The Kier molecular flexibility index (Phi) is 28.4. The van der Waals surface area contributed by atoms with E-state index in [-0.39, 0.29) is 65.0 Å². The Labute approximate surface area is 730 Å². The van der Waals surface area contributed by atoms with Crippen molar-refractivity contribution in [2.45, 2.75) is 183 Å². The number of alkyl halides is 1. The van der Waals surface area contributed by atoms with Crippen molar-refractivity contribution in [3.63, 3.8) is 0 Å². The van der Waals surface area contributed by atoms with Gasteiger partial charge in [-0.1, -0.05) is 133 Å². The van der Waals surface area contributed by atoms with E-state index in [1.165, 1.54) is 138 Å². The Balaban J connectivity index is 0.000000118. The van der Waals surface area contributed by atoms with Gasteiger partial charge in [0.1, 0.15) is 0 Å². The number of nitrogens with zero attached hydrogens (tertiary/aromatic N) is 5. The van der Waals surface area contributed by atoms with Crippen molar-refractivity contribution in [1.29, 1.82) is 5.31 Å². The number of hydrogen-bond acceptors (Lipinski definition) is 13. The van der Waals surface area contributed by atoms with Crippen molar-refractivity contribution in [2.75, 3.05) is 43.9 Å². The van der Waals surface area contributed by atoms with Crippen LogP contribution in [0.25, 0.3) is 11.6 Å². The number of halogens is 1. The molecule has 0 saturated heterocycles. The summed E-state index contributed by atoms with van der Waals surface area (Å²) < 4.78 is 12.4. The van der Waals surface area contributed by atoms with Crippen LogP contribution in [0.5, 0.6) is 0 Å². The van der Waals surface area contributed by atoms with E-state index in [2.05, 4.69) is 112 Å². The van der Waals surface area contributed by atoms with E-state index in [0.29, 0.717) is 138 Å². The minimum atomic E-state index is -0.239. The van der Waals surface area contributed by atoms with Crippen LogP contribution in [0.4, 0.5) is 0 Å². The summed E-state index contributed by atoms with van der Waals surface area (Å²) in [4.78, 5) is 139. The number of aryl methyl sites for hydroxylation is 2. The van der Waals surface area contributed by atoms with E-state index in [4.69, 9.17) is 6.15 Å². The number of imide groups is 5. The molecule has 2 N–H and O–H groups in total. The first kappa shape index (κ1) is 86.8. The van der Waals surface area contributed by atoms with Gasteiger partial charge in [-0.2, -0.15) is 0 Å². The molecule has 5 heterocycles. The minimum absolute atomic E-state index is 0.0359. The van der Waals surface area contributed by atoms with Gasteiger partial charge in [-0.05, 0) is 306 Å². The molecule has 0 spiro atoms. The average Bonchev–Trinajstić information content (AvgIpc) is 1.59. The molecule has 2 aromatic rings. The molecule has 121 heavy (non-hydrogen) atoms. The van der Waals surface area contributed by atoms with Gasteiger partial charge in [-0.3, -0.25) is 72.4 Å². The van der Waals surface area contributed by atoms with Crippen LogP contribution >= 0.6 is 22.6 Å². The van der Waals surface area contributed by atoms with Crippen LogP contribution in [0.15, 0.2) is 179 Å². The number of allylic oxidation sites excluding steroid dienone is 12. The van der Waals surface area contributed by atoms with Crippen LogP contribution in [0.1, 0.15) is 192 Å². The van der Waals surface area contributed by atoms with Gasteiger partial charge in [-0.25, -0.2) is 4.79 Å². The Morgan fingerprint density at radius 1 is 0.438 bits per heavy atom. The Bertz CT molecular complexity index is 4760. The molecular weight excluding hydrogens is 1630 g/mol. The van der Waals surface area contributed by atoms with Gasteiger partial charge in [0.2, 0.25) is 0 Å². The summed E-state index contributed by atoms with van der Waals surface area (Å²) in [6.45, 7) is 16.0. The van der Waals surface area contributed by atoms with Gasteiger partial charge in [0.25, 0.3) is 59.1 Å². The fourth-order valence-corrected chi connectivity index (χ4v) is 22.7. The zero-order valence-corrected chi connectivity index (χ0v) is 73.7. The second-order valence-corrected chi connectivity index (χ2v) is 38.0. The SMILES string of the molecule is CC1=C(C)C(=O)N(CCC2CC3C=CC2C3)C1=O.CC1=C(C)C(=O)N(CCCC2CC3C=CC2C3)C1=O.CC1=C(C)C(=O)N(CCCCC2CC3C=CC2C3)C1=O.Cc1ccc(/C=C/C(=O)OCC2CC3C=CC2C3)cc1.O=C1C2=C(C(=O)N1CC1CC3C=CC1C3)c1ccccc1CC2.O=C1C=CC(=O)N1CCC1CC2C=CC1C2.[2H]N=BNCI. The number of ether oxygens (including phenoxy) is 1. The third kappa shape index (κ3) is 20.2. The molecule has 18 aliphatic rings.